The molecule has 3 aromatic rings. The highest BCUT2D eigenvalue weighted by Crippen LogP contribution is 2.38. The number of carbonyl (C=O) groups is 1. The summed E-state index contributed by atoms with van der Waals surface area (Å²) in [4.78, 5) is 26.0. The third kappa shape index (κ3) is 3.36. The Labute approximate surface area is 185 Å². The summed E-state index contributed by atoms with van der Waals surface area (Å²) in [7, 11) is 1.48. The lowest BCUT2D eigenvalue weighted by atomic mass is 10.0. The minimum atomic E-state index is -0.454. The molecule has 4 heterocycles. The predicted molar refractivity (Wildman–Crippen MR) is 118 cm³/mol. The van der Waals surface area contributed by atoms with Gasteiger partial charge < -0.3 is 14.4 Å². The molecule has 163 valence electrons. The van der Waals surface area contributed by atoms with Gasteiger partial charge in [0.25, 0.3) is 5.91 Å². The fraction of sp³-hybridized carbons (Fsp3) is 0.250. The van der Waals surface area contributed by atoms with Crippen molar-refractivity contribution in [2.75, 3.05) is 43.2 Å². The van der Waals surface area contributed by atoms with Crippen LogP contribution in [0.3, 0.4) is 0 Å². The Hall–Kier alpha value is -3.52. The minimum Gasteiger partial charge on any atom is -0.496 e. The number of hydrogen-bond acceptors (Lipinski definition) is 6. The van der Waals surface area contributed by atoms with Crippen LogP contribution in [0.4, 0.5) is 15.9 Å². The number of benzene rings is 1. The molecule has 1 saturated heterocycles. The molecule has 32 heavy (non-hydrogen) atoms. The summed E-state index contributed by atoms with van der Waals surface area (Å²) >= 11 is 0. The molecular formula is C24H22FN4O3. The lowest BCUT2D eigenvalue weighted by Crippen LogP contribution is -2.36. The molecule has 1 radical (unpaired) electrons. The van der Waals surface area contributed by atoms with Gasteiger partial charge in [-0.05, 0) is 37.3 Å². The first-order valence-corrected chi connectivity index (χ1v) is 10.4. The summed E-state index contributed by atoms with van der Waals surface area (Å²) < 4.78 is 25.5. The van der Waals surface area contributed by atoms with E-state index in [-0.39, 0.29) is 18.0 Å². The number of rotatable bonds is 4. The normalized spacial score (nSPS) is 15.8. The number of anilines is 2. The molecule has 0 atom stereocenters. The fourth-order valence-electron chi connectivity index (χ4n) is 4.26. The van der Waals surface area contributed by atoms with Crippen LogP contribution in [0, 0.1) is 12.7 Å². The molecule has 1 aromatic carbocycles. The largest absolute Gasteiger partial charge is 0.496 e. The number of pyridine rings is 2. The van der Waals surface area contributed by atoms with Crippen LogP contribution in [-0.2, 0) is 11.3 Å². The van der Waals surface area contributed by atoms with Gasteiger partial charge in [0.15, 0.2) is 0 Å². The van der Waals surface area contributed by atoms with E-state index in [4.69, 9.17) is 9.47 Å². The lowest BCUT2D eigenvalue weighted by molar-refractivity contribution is 0.0996. The quantitative estimate of drug-likeness (QED) is 0.628. The van der Waals surface area contributed by atoms with Crippen LogP contribution < -0.4 is 14.5 Å². The summed E-state index contributed by atoms with van der Waals surface area (Å²) in [5, 5.41) is 0. The zero-order valence-corrected chi connectivity index (χ0v) is 17.7. The van der Waals surface area contributed by atoms with Crippen LogP contribution in [0.5, 0.6) is 5.75 Å². The molecule has 0 N–H and O–H groups in total. The first kappa shape index (κ1) is 20.4. The molecule has 1 amide bonds. The van der Waals surface area contributed by atoms with E-state index in [1.807, 2.05) is 12.1 Å². The number of nitrogens with zero attached hydrogens (tertiary/aromatic N) is 4. The van der Waals surface area contributed by atoms with E-state index in [9.17, 15) is 9.18 Å². The first-order chi connectivity index (χ1) is 15.6. The second kappa shape index (κ2) is 8.20. The summed E-state index contributed by atoms with van der Waals surface area (Å²) in [5.41, 5.74) is 3.29. The SMILES string of the molecule is [CH2]c1nc(N2Cc3c(ccnc3-c3c(F)cccc3OC)C2=O)ccc1N1CCOCC1. The Morgan fingerprint density at radius 1 is 1.16 bits per heavy atom. The summed E-state index contributed by atoms with van der Waals surface area (Å²) in [6, 6.07) is 10.0. The van der Waals surface area contributed by atoms with E-state index in [2.05, 4.69) is 21.8 Å². The van der Waals surface area contributed by atoms with Crippen molar-refractivity contribution < 1.29 is 18.7 Å². The van der Waals surface area contributed by atoms with Crippen LogP contribution in [0.25, 0.3) is 11.3 Å². The van der Waals surface area contributed by atoms with E-state index in [1.165, 1.54) is 19.4 Å². The van der Waals surface area contributed by atoms with Crippen molar-refractivity contribution in [3.63, 3.8) is 0 Å². The molecule has 0 unspecified atom stereocenters. The van der Waals surface area contributed by atoms with Crippen LogP contribution in [0.1, 0.15) is 21.6 Å². The van der Waals surface area contributed by atoms with Gasteiger partial charge in [0.05, 0.1) is 49.5 Å². The smallest absolute Gasteiger partial charge is 0.260 e. The number of ether oxygens (including phenoxy) is 2. The number of fused-ring (bicyclic) bond motifs is 1. The molecule has 0 saturated carbocycles. The Balaban J connectivity index is 1.51. The molecule has 2 aromatic heterocycles. The lowest BCUT2D eigenvalue weighted by Gasteiger charge is -2.30. The van der Waals surface area contributed by atoms with E-state index < -0.39 is 5.82 Å². The van der Waals surface area contributed by atoms with Gasteiger partial charge >= 0.3 is 0 Å². The predicted octanol–water partition coefficient (Wildman–Crippen LogP) is 3.47. The van der Waals surface area contributed by atoms with Crippen molar-refractivity contribution >= 4 is 17.4 Å². The molecular weight excluding hydrogens is 411 g/mol. The van der Waals surface area contributed by atoms with Gasteiger partial charge in [0, 0.05) is 30.4 Å². The second-order valence-corrected chi connectivity index (χ2v) is 7.63. The summed E-state index contributed by atoms with van der Waals surface area (Å²) in [5.74, 6) is 0.207. The van der Waals surface area contributed by atoms with Crippen molar-refractivity contribution in [2.45, 2.75) is 6.54 Å². The molecule has 0 bridgehead atoms. The van der Waals surface area contributed by atoms with Gasteiger partial charge in [0.1, 0.15) is 17.4 Å². The van der Waals surface area contributed by atoms with Gasteiger partial charge in [-0.1, -0.05) is 6.07 Å². The second-order valence-electron chi connectivity index (χ2n) is 7.63. The highest BCUT2D eigenvalue weighted by atomic mass is 19.1. The summed E-state index contributed by atoms with van der Waals surface area (Å²) in [6.07, 6.45) is 1.52. The van der Waals surface area contributed by atoms with Crippen LogP contribution in [-0.4, -0.2) is 49.3 Å². The average molecular weight is 433 g/mol. The molecule has 5 rings (SSSR count). The zero-order chi connectivity index (χ0) is 22.2. The molecule has 2 aliphatic heterocycles. The molecule has 7 nitrogen and oxygen atoms in total. The fourth-order valence-corrected chi connectivity index (χ4v) is 4.26. The Morgan fingerprint density at radius 2 is 1.97 bits per heavy atom. The Kier molecular flexibility index (Phi) is 5.22. The van der Waals surface area contributed by atoms with E-state index in [0.29, 0.717) is 47.3 Å². The van der Waals surface area contributed by atoms with Crippen molar-refractivity contribution in [1.82, 2.24) is 9.97 Å². The molecule has 0 aliphatic carbocycles. The van der Waals surface area contributed by atoms with Gasteiger partial charge in [-0.2, -0.15) is 0 Å². The van der Waals surface area contributed by atoms with Gasteiger partial charge in [0.2, 0.25) is 0 Å². The maximum Gasteiger partial charge on any atom is 0.260 e. The number of carbonyl (C=O) groups excluding carboxylic acids is 1. The Bertz CT molecular complexity index is 1190. The van der Waals surface area contributed by atoms with Gasteiger partial charge in [-0.25, -0.2) is 9.37 Å². The van der Waals surface area contributed by atoms with Crippen LogP contribution >= 0.6 is 0 Å². The topological polar surface area (TPSA) is 67.8 Å². The number of amides is 1. The third-order valence-corrected chi connectivity index (χ3v) is 5.84. The average Bonchev–Trinajstić information content (AvgIpc) is 3.16. The number of halogens is 1. The van der Waals surface area contributed by atoms with Crippen molar-refractivity contribution in [3.05, 3.63) is 72.2 Å². The first-order valence-electron chi connectivity index (χ1n) is 10.4. The number of hydrogen-bond donors (Lipinski definition) is 0. The minimum absolute atomic E-state index is 0.204. The number of morpholine rings is 1. The zero-order valence-electron chi connectivity index (χ0n) is 17.7. The number of aromatic nitrogens is 2. The van der Waals surface area contributed by atoms with Gasteiger partial charge in [-0.3, -0.25) is 14.7 Å². The van der Waals surface area contributed by atoms with Crippen molar-refractivity contribution in [3.8, 4) is 17.0 Å². The molecule has 0 spiro atoms. The van der Waals surface area contributed by atoms with Crippen LogP contribution in [0.2, 0.25) is 0 Å². The molecule has 1 fully saturated rings. The van der Waals surface area contributed by atoms with E-state index >= 15 is 0 Å². The Morgan fingerprint density at radius 3 is 2.72 bits per heavy atom. The molecule has 2 aliphatic rings. The monoisotopic (exact) mass is 433 g/mol. The number of methoxy groups -OCH3 is 1. The maximum atomic E-state index is 14.7. The standard InChI is InChI=1S/C24H22FN4O3/c1-15-19(28-10-12-32-13-11-28)6-7-21(27-15)29-14-17-16(24(29)30)8-9-26-23(17)22-18(25)4-3-5-20(22)31-2/h3-9H,1,10-14H2,2H3. The summed E-state index contributed by atoms with van der Waals surface area (Å²) in [6.45, 7) is 7.20. The van der Waals surface area contributed by atoms with E-state index in [1.54, 1.807) is 23.1 Å². The van der Waals surface area contributed by atoms with E-state index in [0.717, 1.165) is 18.8 Å². The van der Waals surface area contributed by atoms with Gasteiger partial charge in [-0.15, -0.1) is 0 Å². The molecule has 8 heteroatoms. The van der Waals surface area contributed by atoms with Crippen LogP contribution in [0.15, 0.2) is 42.6 Å². The maximum absolute atomic E-state index is 14.7. The van der Waals surface area contributed by atoms with Crippen molar-refractivity contribution in [2.24, 2.45) is 0 Å². The highest BCUT2D eigenvalue weighted by Gasteiger charge is 2.33. The highest BCUT2D eigenvalue weighted by molar-refractivity contribution is 6.10. The van der Waals surface area contributed by atoms with Crippen molar-refractivity contribution in [1.29, 1.82) is 0 Å². The third-order valence-electron chi connectivity index (χ3n) is 5.84.